The molecule has 146 valence electrons. The minimum atomic E-state index is -0.0676. The number of aryl methyl sites for hydroxylation is 2. The van der Waals surface area contributed by atoms with Crippen LogP contribution in [0, 0.1) is 13.8 Å². The summed E-state index contributed by atoms with van der Waals surface area (Å²) in [6.07, 6.45) is 0.921. The number of thioether (sulfide) groups is 1. The minimum Gasteiger partial charge on any atom is -0.489 e. The van der Waals surface area contributed by atoms with E-state index in [9.17, 15) is 4.79 Å². The Morgan fingerprint density at radius 2 is 1.86 bits per heavy atom. The molecule has 3 aromatic rings. The molecule has 5 nitrogen and oxygen atoms in total. The van der Waals surface area contributed by atoms with Crippen molar-refractivity contribution in [1.82, 2.24) is 10.5 Å². The fourth-order valence-electron chi connectivity index (χ4n) is 2.65. The molecule has 2 aromatic carbocycles. The SMILES string of the molecule is Cc1noc(C)c1COc1ccc(C(=O)NCCCSc2ccccc2)cc1. The van der Waals surface area contributed by atoms with Gasteiger partial charge in [0.25, 0.3) is 5.91 Å². The molecule has 0 fully saturated rings. The van der Waals surface area contributed by atoms with E-state index in [1.54, 1.807) is 36.0 Å². The Morgan fingerprint density at radius 1 is 1.11 bits per heavy atom. The zero-order valence-corrected chi connectivity index (χ0v) is 16.9. The van der Waals surface area contributed by atoms with Crippen molar-refractivity contribution in [3.63, 3.8) is 0 Å². The van der Waals surface area contributed by atoms with Gasteiger partial charge in [0.05, 0.1) is 11.3 Å². The lowest BCUT2D eigenvalue weighted by Crippen LogP contribution is -2.24. The van der Waals surface area contributed by atoms with Crippen molar-refractivity contribution in [2.45, 2.75) is 31.8 Å². The van der Waals surface area contributed by atoms with Crippen molar-refractivity contribution in [2.75, 3.05) is 12.3 Å². The van der Waals surface area contributed by atoms with Gasteiger partial charge in [0.2, 0.25) is 0 Å². The lowest BCUT2D eigenvalue weighted by Gasteiger charge is -2.08. The molecule has 0 bridgehead atoms. The highest BCUT2D eigenvalue weighted by molar-refractivity contribution is 7.99. The van der Waals surface area contributed by atoms with Crippen LogP contribution < -0.4 is 10.1 Å². The lowest BCUT2D eigenvalue weighted by molar-refractivity contribution is 0.0953. The van der Waals surface area contributed by atoms with Crippen LogP contribution in [0.25, 0.3) is 0 Å². The molecule has 0 radical (unpaired) electrons. The highest BCUT2D eigenvalue weighted by Crippen LogP contribution is 2.19. The molecule has 0 atom stereocenters. The Labute approximate surface area is 169 Å². The third-order valence-corrected chi connectivity index (χ3v) is 5.40. The van der Waals surface area contributed by atoms with Gasteiger partial charge in [0.1, 0.15) is 18.1 Å². The maximum absolute atomic E-state index is 12.2. The van der Waals surface area contributed by atoms with E-state index in [1.165, 1.54) is 4.90 Å². The summed E-state index contributed by atoms with van der Waals surface area (Å²) < 4.78 is 10.9. The van der Waals surface area contributed by atoms with Gasteiger partial charge < -0.3 is 14.6 Å². The van der Waals surface area contributed by atoms with Gasteiger partial charge in [-0.25, -0.2) is 0 Å². The second-order valence-electron chi connectivity index (χ2n) is 6.39. The smallest absolute Gasteiger partial charge is 0.251 e. The van der Waals surface area contributed by atoms with E-state index in [2.05, 4.69) is 22.6 Å². The molecule has 1 amide bonds. The number of benzene rings is 2. The number of hydrogen-bond acceptors (Lipinski definition) is 5. The number of rotatable bonds is 9. The quantitative estimate of drug-likeness (QED) is 0.416. The molecule has 0 spiro atoms. The number of ether oxygens (including phenoxy) is 1. The van der Waals surface area contributed by atoms with Crippen LogP contribution in [-0.2, 0) is 6.61 Å². The molecule has 0 aliphatic rings. The largest absolute Gasteiger partial charge is 0.489 e. The average Bonchev–Trinajstić information content (AvgIpc) is 3.04. The number of carbonyl (C=O) groups is 1. The number of nitrogens with one attached hydrogen (secondary N) is 1. The molecule has 0 saturated heterocycles. The molecule has 6 heteroatoms. The predicted molar refractivity (Wildman–Crippen MR) is 111 cm³/mol. The summed E-state index contributed by atoms with van der Waals surface area (Å²) in [6, 6.07) is 17.4. The first-order chi connectivity index (χ1) is 13.6. The Hall–Kier alpha value is -2.73. The molecule has 28 heavy (non-hydrogen) atoms. The Kier molecular flexibility index (Phi) is 7.14. The van der Waals surface area contributed by atoms with E-state index in [1.807, 2.05) is 32.0 Å². The average molecular weight is 397 g/mol. The maximum Gasteiger partial charge on any atom is 0.251 e. The summed E-state index contributed by atoms with van der Waals surface area (Å²) in [5, 5.41) is 6.88. The van der Waals surface area contributed by atoms with Gasteiger partial charge >= 0.3 is 0 Å². The van der Waals surface area contributed by atoms with Gasteiger partial charge in [0, 0.05) is 17.0 Å². The molecule has 0 unspecified atom stereocenters. The summed E-state index contributed by atoms with van der Waals surface area (Å²) in [4.78, 5) is 13.5. The van der Waals surface area contributed by atoms with Crippen molar-refractivity contribution < 1.29 is 14.1 Å². The van der Waals surface area contributed by atoms with Crippen molar-refractivity contribution in [3.8, 4) is 5.75 Å². The molecule has 1 heterocycles. The monoisotopic (exact) mass is 396 g/mol. The Balaban J connectivity index is 1.39. The third kappa shape index (κ3) is 5.63. The van der Waals surface area contributed by atoms with Crippen LogP contribution >= 0.6 is 11.8 Å². The standard InChI is InChI=1S/C22H24N2O3S/c1-16-21(17(2)27-24-16)15-26-19-11-9-18(10-12-19)22(25)23-13-6-14-28-20-7-4-3-5-8-20/h3-5,7-12H,6,13-15H2,1-2H3,(H,23,25). The van der Waals surface area contributed by atoms with Crippen LogP contribution in [0.15, 0.2) is 64.0 Å². The van der Waals surface area contributed by atoms with Crippen molar-refractivity contribution in [3.05, 3.63) is 77.2 Å². The van der Waals surface area contributed by atoms with Gasteiger partial charge in [-0.2, -0.15) is 0 Å². The summed E-state index contributed by atoms with van der Waals surface area (Å²) in [5.41, 5.74) is 2.41. The number of hydrogen-bond donors (Lipinski definition) is 1. The van der Waals surface area contributed by atoms with Gasteiger partial charge in [-0.3, -0.25) is 4.79 Å². The van der Waals surface area contributed by atoms with E-state index in [-0.39, 0.29) is 5.91 Å². The van der Waals surface area contributed by atoms with E-state index < -0.39 is 0 Å². The van der Waals surface area contributed by atoms with Crippen molar-refractivity contribution in [2.24, 2.45) is 0 Å². The maximum atomic E-state index is 12.2. The van der Waals surface area contributed by atoms with Gasteiger partial charge in [0.15, 0.2) is 0 Å². The van der Waals surface area contributed by atoms with Crippen LogP contribution in [0.4, 0.5) is 0 Å². The molecule has 1 N–H and O–H groups in total. The first-order valence-electron chi connectivity index (χ1n) is 9.24. The number of aromatic nitrogens is 1. The predicted octanol–water partition coefficient (Wildman–Crippen LogP) is 4.78. The van der Waals surface area contributed by atoms with Crippen molar-refractivity contribution >= 4 is 17.7 Å². The highest BCUT2D eigenvalue weighted by Gasteiger charge is 2.10. The van der Waals surface area contributed by atoms with E-state index in [4.69, 9.17) is 9.26 Å². The highest BCUT2D eigenvalue weighted by atomic mass is 32.2. The second-order valence-corrected chi connectivity index (χ2v) is 7.56. The van der Waals surface area contributed by atoms with Crippen LogP contribution in [0.3, 0.4) is 0 Å². The van der Waals surface area contributed by atoms with E-state index in [0.717, 1.165) is 29.2 Å². The normalized spacial score (nSPS) is 10.6. The van der Waals surface area contributed by atoms with Crippen LogP contribution in [0.5, 0.6) is 5.75 Å². The summed E-state index contributed by atoms with van der Waals surface area (Å²) in [6.45, 7) is 4.81. The van der Waals surface area contributed by atoms with E-state index >= 15 is 0 Å². The molecule has 0 aliphatic heterocycles. The van der Waals surface area contributed by atoms with E-state index in [0.29, 0.717) is 24.5 Å². The summed E-state index contributed by atoms with van der Waals surface area (Å²) in [5.74, 6) is 2.37. The minimum absolute atomic E-state index is 0.0676. The van der Waals surface area contributed by atoms with Crippen LogP contribution in [0.2, 0.25) is 0 Å². The van der Waals surface area contributed by atoms with Crippen LogP contribution in [-0.4, -0.2) is 23.4 Å². The molecular weight excluding hydrogens is 372 g/mol. The first kappa shape index (κ1) is 20.0. The second kappa shape index (κ2) is 9.99. The molecule has 0 aliphatic carbocycles. The molecule has 1 aromatic heterocycles. The topological polar surface area (TPSA) is 64.4 Å². The summed E-state index contributed by atoms with van der Waals surface area (Å²) in [7, 11) is 0. The molecule has 0 saturated carbocycles. The molecular formula is C22H24N2O3S. The fourth-order valence-corrected chi connectivity index (χ4v) is 3.52. The molecule has 3 rings (SSSR count). The lowest BCUT2D eigenvalue weighted by atomic mass is 10.2. The zero-order valence-electron chi connectivity index (χ0n) is 16.1. The van der Waals surface area contributed by atoms with Gasteiger partial charge in [-0.05, 0) is 62.4 Å². The summed E-state index contributed by atoms with van der Waals surface area (Å²) >= 11 is 1.80. The Morgan fingerprint density at radius 3 is 2.54 bits per heavy atom. The van der Waals surface area contributed by atoms with Gasteiger partial charge in [-0.1, -0.05) is 23.4 Å². The Bertz CT molecular complexity index is 872. The third-order valence-electron chi connectivity index (χ3n) is 4.30. The van der Waals surface area contributed by atoms with Crippen molar-refractivity contribution in [1.29, 1.82) is 0 Å². The number of amides is 1. The van der Waals surface area contributed by atoms with Gasteiger partial charge in [-0.15, -0.1) is 11.8 Å². The zero-order chi connectivity index (χ0) is 19.8. The number of nitrogens with zero attached hydrogens (tertiary/aromatic N) is 1. The first-order valence-corrected chi connectivity index (χ1v) is 10.2. The number of carbonyl (C=O) groups excluding carboxylic acids is 1. The van der Waals surface area contributed by atoms with Crippen LogP contribution in [0.1, 0.15) is 33.8 Å². The fraction of sp³-hybridized carbons (Fsp3) is 0.273.